The Hall–Kier alpha value is -1.66. The summed E-state index contributed by atoms with van der Waals surface area (Å²) in [5.74, 6) is 0.709. The summed E-state index contributed by atoms with van der Waals surface area (Å²) >= 11 is 0. The standard InChI is InChI=1S/C26H38O4Si/c1-26(2,3)25(30-31(5)6)19-13-11-18(12-14-19)24(27)22-15-20-9-7-8-10-21(20)16-23(22)29-17-28-4/h11-16,24-25,27,31H,7-10,17H2,1-6H3. The summed E-state index contributed by atoms with van der Waals surface area (Å²) in [6.45, 7) is 11.2. The molecular formula is C26H38O4Si. The number of aryl methyl sites for hydroxylation is 2. The predicted octanol–water partition coefficient (Wildman–Crippen LogP) is 5.72. The van der Waals surface area contributed by atoms with Crippen LogP contribution in [0.15, 0.2) is 36.4 Å². The van der Waals surface area contributed by atoms with Crippen LogP contribution in [0, 0.1) is 5.41 Å². The zero-order valence-electron chi connectivity index (χ0n) is 19.9. The smallest absolute Gasteiger partial charge is 0.188 e. The Balaban J connectivity index is 1.91. The van der Waals surface area contributed by atoms with Crippen molar-refractivity contribution in [2.24, 2.45) is 5.41 Å². The Bertz CT molecular complexity index is 855. The van der Waals surface area contributed by atoms with Crippen LogP contribution < -0.4 is 4.74 Å². The number of ether oxygens (including phenoxy) is 2. The second kappa shape index (κ2) is 10.3. The summed E-state index contributed by atoms with van der Waals surface area (Å²) in [5, 5.41) is 11.3. The lowest BCUT2D eigenvalue weighted by atomic mass is 9.84. The fourth-order valence-electron chi connectivity index (χ4n) is 4.33. The van der Waals surface area contributed by atoms with Crippen LogP contribution >= 0.6 is 0 Å². The third kappa shape index (κ3) is 5.98. The molecule has 0 fully saturated rings. The van der Waals surface area contributed by atoms with Crippen LogP contribution in [0.1, 0.15) is 73.6 Å². The fraction of sp³-hybridized carbons (Fsp3) is 0.538. The topological polar surface area (TPSA) is 47.9 Å². The first-order valence-electron chi connectivity index (χ1n) is 11.4. The largest absolute Gasteiger partial charge is 0.467 e. The molecule has 2 aromatic carbocycles. The van der Waals surface area contributed by atoms with Gasteiger partial charge in [0.05, 0.1) is 6.10 Å². The van der Waals surface area contributed by atoms with Gasteiger partial charge >= 0.3 is 0 Å². The van der Waals surface area contributed by atoms with Crippen molar-refractivity contribution in [3.8, 4) is 5.75 Å². The van der Waals surface area contributed by atoms with Crippen LogP contribution in [0.5, 0.6) is 5.75 Å². The monoisotopic (exact) mass is 442 g/mol. The van der Waals surface area contributed by atoms with Crippen LogP contribution in [-0.2, 0) is 22.0 Å². The van der Waals surface area contributed by atoms with E-state index in [1.807, 2.05) is 12.1 Å². The summed E-state index contributed by atoms with van der Waals surface area (Å²) in [6, 6.07) is 12.5. The number of hydrogen-bond donors (Lipinski definition) is 1. The number of methoxy groups -OCH3 is 1. The quantitative estimate of drug-likeness (QED) is 0.420. The first-order valence-corrected chi connectivity index (χ1v) is 14.2. The normalized spacial score (nSPS) is 16.1. The van der Waals surface area contributed by atoms with E-state index in [4.69, 9.17) is 13.9 Å². The van der Waals surface area contributed by atoms with E-state index in [9.17, 15) is 5.11 Å². The Morgan fingerprint density at radius 3 is 2.10 bits per heavy atom. The minimum absolute atomic E-state index is 0.0110. The molecule has 1 aliphatic rings. The van der Waals surface area contributed by atoms with E-state index >= 15 is 0 Å². The minimum Gasteiger partial charge on any atom is -0.467 e. The average molecular weight is 443 g/mol. The Morgan fingerprint density at radius 1 is 0.968 bits per heavy atom. The molecule has 2 atom stereocenters. The molecule has 1 aliphatic carbocycles. The molecule has 3 rings (SSSR count). The van der Waals surface area contributed by atoms with Crippen molar-refractivity contribution in [3.63, 3.8) is 0 Å². The number of hydrogen-bond acceptors (Lipinski definition) is 4. The number of fused-ring (bicyclic) bond motifs is 1. The SMILES string of the molecule is COCOc1cc2c(cc1C(O)c1ccc(C(O[SiH](C)C)C(C)(C)C)cc1)CCCC2. The Kier molecular flexibility index (Phi) is 7.97. The van der Waals surface area contributed by atoms with Gasteiger partial charge in [0.25, 0.3) is 0 Å². The summed E-state index contributed by atoms with van der Waals surface area (Å²) in [5.41, 5.74) is 5.49. The molecule has 0 amide bonds. The number of aliphatic hydroxyl groups excluding tert-OH is 1. The molecule has 0 aromatic heterocycles. The molecule has 4 nitrogen and oxygen atoms in total. The van der Waals surface area contributed by atoms with E-state index in [0.717, 1.165) is 29.5 Å². The van der Waals surface area contributed by atoms with E-state index in [-0.39, 0.29) is 18.3 Å². The Morgan fingerprint density at radius 2 is 1.55 bits per heavy atom. The third-order valence-corrected chi connectivity index (χ3v) is 6.67. The first-order chi connectivity index (χ1) is 14.7. The summed E-state index contributed by atoms with van der Waals surface area (Å²) in [7, 11) is 0.425. The Labute approximate surface area is 189 Å². The molecule has 170 valence electrons. The van der Waals surface area contributed by atoms with Gasteiger partial charge in [-0.25, -0.2) is 0 Å². The lowest BCUT2D eigenvalue weighted by molar-refractivity contribution is 0.0487. The molecule has 0 heterocycles. The zero-order valence-corrected chi connectivity index (χ0v) is 21.1. The van der Waals surface area contributed by atoms with Crippen LogP contribution in [-0.4, -0.2) is 28.0 Å². The van der Waals surface area contributed by atoms with Crippen LogP contribution in [0.25, 0.3) is 0 Å². The molecule has 1 N–H and O–H groups in total. The highest BCUT2D eigenvalue weighted by molar-refractivity contribution is 6.48. The van der Waals surface area contributed by atoms with Gasteiger partial charge in [-0.3, -0.25) is 0 Å². The van der Waals surface area contributed by atoms with Crippen LogP contribution in [0.4, 0.5) is 0 Å². The van der Waals surface area contributed by atoms with E-state index in [1.54, 1.807) is 7.11 Å². The molecule has 31 heavy (non-hydrogen) atoms. The van der Waals surface area contributed by atoms with Gasteiger partial charge < -0.3 is 19.0 Å². The van der Waals surface area contributed by atoms with Gasteiger partial charge in [0, 0.05) is 12.7 Å². The highest BCUT2D eigenvalue weighted by atomic mass is 28.3. The zero-order chi connectivity index (χ0) is 22.6. The highest BCUT2D eigenvalue weighted by Gasteiger charge is 2.28. The minimum atomic E-state index is -1.19. The van der Waals surface area contributed by atoms with Gasteiger partial charge in [-0.2, -0.15) is 0 Å². The van der Waals surface area contributed by atoms with Crippen molar-refractivity contribution >= 4 is 9.04 Å². The molecule has 0 saturated heterocycles. The maximum Gasteiger partial charge on any atom is 0.188 e. The lowest BCUT2D eigenvalue weighted by Gasteiger charge is -2.33. The van der Waals surface area contributed by atoms with Gasteiger partial charge in [-0.1, -0.05) is 45.0 Å². The summed E-state index contributed by atoms with van der Waals surface area (Å²) < 4.78 is 17.3. The molecule has 0 radical (unpaired) electrons. The van der Waals surface area contributed by atoms with E-state index in [2.05, 4.69) is 58.1 Å². The molecule has 2 aromatic rings. The van der Waals surface area contributed by atoms with Crippen LogP contribution in [0.2, 0.25) is 13.1 Å². The van der Waals surface area contributed by atoms with Gasteiger partial charge in [0.2, 0.25) is 0 Å². The molecular weight excluding hydrogens is 404 g/mol. The van der Waals surface area contributed by atoms with Crippen molar-refractivity contribution in [2.75, 3.05) is 13.9 Å². The molecule has 2 unspecified atom stereocenters. The number of benzene rings is 2. The summed E-state index contributed by atoms with van der Waals surface area (Å²) in [4.78, 5) is 0. The van der Waals surface area contributed by atoms with Gasteiger partial charge in [0.1, 0.15) is 11.9 Å². The van der Waals surface area contributed by atoms with Crippen molar-refractivity contribution in [2.45, 2.75) is 71.8 Å². The van der Waals surface area contributed by atoms with Gasteiger partial charge in [0.15, 0.2) is 15.8 Å². The fourth-order valence-corrected chi connectivity index (χ4v) is 5.44. The van der Waals surface area contributed by atoms with E-state index in [0.29, 0.717) is 5.75 Å². The van der Waals surface area contributed by atoms with Gasteiger partial charge in [-0.05, 0) is 78.6 Å². The van der Waals surface area contributed by atoms with Crippen molar-refractivity contribution in [1.82, 2.24) is 0 Å². The molecule has 0 spiro atoms. The molecule has 0 saturated carbocycles. The van der Waals surface area contributed by atoms with Crippen molar-refractivity contribution in [3.05, 3.63) is 64.2 Å². The number of aliphatic hydroxyl groups is 1. The number of rotatable bonds is 8. The third-order valence-electron chi connectivity index (χ3n) is 5.85. The maximum atomic E-state index is 11.3. The van der Waals surface area contributed by atoms with Crippen molar-refractivity contribution < 1.29 is 19.0 Å². The first kappa shape index (κ1) is 24.0. The summed E-state index contributed by atoms with van der Waals surface area (Å²) in [6.07, 6.45) is 3.83. The predicted molar refractivity (Wildman–Crippen MR) is 128 cm³/mol. The van der Waals surface area contributed by atoms with Gasteiger partial charge in [-0.15, -0.1) is 0 Å². The molecule has 5 heteroatoms. The average Bonchev–Trinajstić information content (AvgIpc) is 2.74. The lowest BCUT2D eigenvalue weighted by Crippen LogP contribution is -2.25. The molecule has 0 aliphatic heterocycles. The second-order valence-corrected chi connectivity index (χ2v) is 12.3. The van der Waals surface area contributed by atoms with E-state index < -0.39 is 15.1 Å². The van der Waals surface area contributed by atoms with Crippen molar-refractivity contribution in [1.29, 1.82) is 0 Å². The highest BCUT2D eigenvalue weighted by Crippen LogP contribution is 2.39. The second-order valence-electron chi connectivity index (χ2n) is 9.92. The van der Waals surface area contributed by atoms with Crippen LogP contribution in [0.3, 0.4) is 0 Å². The van der Waals surface area contributed by atoms with E-state index in [1.165, 1.54) is 24.0 Å². The maximum absolute atomic E-state index is 11.3. The molecule has 0 bridgehead atoms.